The molecule has 1 aromatic carbocycles. The average molecular weight is 289 g/mol. The third-order valence-corrected chi connectivity index (χ3v) is 4.42. The Labute approximate surface area is 130 Å². The monoisotopic (exact) mass is 289 g/mol. The van der Waals surface area contributed by atoms with Gasteiger partial charge in [-0.15, -0.1) is 0 Å². The van der Waals surface area contributed by atoms with Crippen LogP contribution in [0.5, 0.6) is 0 Å². The van der Waals surface area contributed by atoms with Crippen LogP contribution < -0.4 is 5.32 Å². The molecular weight excluding hydrogens is 258 g/mol. The van der Waals surface area contributed by atoms with Crippen molar-refractivity contribution in [1.29, 1.82) is 0 Å². The quantitative estimate of drug-likeness (QED) is 0.812. The van der Waals surface area contributed by atoms with Gasteiger partial charge in [-0.25, -0.2) is 0 Å². The van der Waals surface area contributed by atoms with Crippen LogP contribution in [0.25, 0.3) is 0 Å². The highest BCUT2D eigenvalue weighted by molar-refractivity contribution is 5.27. The number of nitrogens with zero attached hydrogens (tertiary/aromatic N) is 2. The van der Waals surface area contributed by atoms with Gasteiger partial charge in [-0.1, -0.05) is 31.2 Å². The van der Waals surface area contributed by atoms with Gasteiger partial charge in [0.1, 0.15) is 0 Å². The fraction of sp³-hybridized carbons (Fsp3) is 0.667. The van der Waals surface area contributed by atoms with Crippen molar-refractivity contribution in [3.63, 3.8) is 0 Å². The predicted octanol–water partition coefficient (Wildman–Crippen LogP) is 2.71. The fourth-order valence-electron chi connectivity index (χ4n) is 3.16. The third-order valence-electron chi connectivity index (χ3n) is 4.42. The minimum atomic E-state index is 0.633. The molecule has 2 rings (SSSR count). The summed E-state index contributed by atoms with van der Waals surface area (Å²) in [6.07, 6.45) is 2.47. The van der Waals surface area contributed by atoms with E-state index in [9.17, 15) is 0 Å². The molecule has 0 radical (unpaired) electrons. The van der Waals surface area contributed by atoms with Crippen LogP contribution in [0, 0.1) is 0 Å². The molecule has 1 heterocycles. The number of rotatable bonds is 6. The normalized spacial score (nSPS) is 21.4. The van der Waals surface area contributed by atoms with Crippen LogP contribution in [0.4, 0.5) is 0 Å². The summed E-state index contributed by atoms with van der Waals surface area (Å²) in [6.45, 7) is 11.4. The SMILES string of the molecule is CCCNCc1ccccc1CN1CCCN(C)CC1C. The molecule has 3 nitrogen and oxygen atoms in total. The van der Waals surface area contributed by atoms with Crippen LogP contribution in [0.1, 0.15) is 37.8 Å². The van der Waals surface area contributed by atoms with Crippen LogP contribution in [-0.2, 0) is 13.1 Å². The molecule has 0 spiro atoms. The number of hydrogen-bond acceptors (Lipinski definition) is 3. The summed E-state index contributed by atoms with van der Waals surface area (Å²) in [5, 5.41) is 3.53. The van der Waals surface area contributed by atoms with E-state index in [4.69, 9.17) is 0 Å². The molecule has 0 amide bonds. The van der Waals surface area contributed by atoms with Crippen molar-refractivity contribution in [2.45, 2.75) is 45.8 Å². The Morgan fingerprint density at radius 2 is 1.95 bits per heavy atom. The van der Waals surface area contributed by atoms with E-state index in [0.29, 0.717) is 6.04 Å². The van der Waals surface area contributed by atoms with E-state index in [1.807, 2.05) is 0 Å². The number of hydrogen-bond donors (Lipinski definition) is 1. The first-order valence-electron chi connectivity index (χ1n) is 8.40. The van der Waals surface area contributed by atoms with E-state index in [0.717, 1.165) is 19.6 Å². The molecule has 1 fully saturated rings. The van der Waals surface area contributed by atoms with E-state index in [1.54, 1.807) is 0 Å². The zero-order valence-electron chi connectivity index (χ0n) is 13.9. The van der Waals surface area contributed by atoms with E-state index in [-0.39, 0.29) is 0 Å². The summed E-state index contributed by atoms with van der Waals surface area (Å²) in [7, 11) is 2.24. The van der Waals surface area contributed by atoms with Gasteiger partial charge in [-0.2, -0.15) is 0 Å². The Morgan fingerprint density at radius 1 is 1.19 bits per heavy atom. The van der Waals surface area contributed by atoms with Crippen molar-refractivity contribution in [3.05, 3.63) is 35.4 Å². The van der Waals surface area contributed by atoms with E-state index < -0.39 is 0 Å². The molecule has 1 aliphatic heterocycles. The maximum absolute atomic E-state index is 3.53. The molecule has 118 valence electrons. The number of likely N-dealkylation sites (N-methyl/N-ethyl adjacent to an activating group) is 1. The molecule has 1 aromatic rings. The van der Waals surface area contributed by atoms with Gasteiger partial charge >= 0.3 is 0 Å². The first kappa shape index (κ1) is 16.5. The molecule has 1 atom stereocenters. The van der Waals surface area contributed by atoms with Gasteiger partial charge in [0.2, 0.25) is 0 Å². The van der Waals surface area contributed by atoms with Gasteiger partial charge in [0, 0.05) is 32.2 Å². The Bertz CT molecular complexity index is 419. The van der Waals surface area contributed by atoms with Crippen molar-refractivity contribution in [2.75, 3.05) is 33.2 Å². The Morgan fingerprint density at radius 3 is 2.71 bits per heavy atom. The Balaban J connectivity index is 2.00. The molecule has 1 unspecified atom stereocenters. The second-order valence-electron chi connectivity index (χ2n) is 6.38. The highest BCUT2D eigenvalue weighted by atomic mass is 15.2. The molecule has 1 aliphatic rings. The minimum Gasteiger partial charge on any atom is -0.313 e. The lowest BCUT2D eigenvalue weighted by atomic mass is 10.1. The summed E-state index contributed by atoms with van der Waals surface area (Å²) < 4.78 is 0. The highest BCUT2D eigenvalue weighted by Crippen LogP contribution is 2.16. The number of nitrogens with one attached hydrogen (secondary N) is 1. The second kappa shape index (κ2) is 8.52. The van der Waals surface area contributed by atoms with Crippen molar-refractivity contribution < 1.29 is 0 Å². The lowest BCUT2D eigenvalue weighted by molar-refractivity contribution is 0.194. The van der Waals surface area contributed by atoms with Crippen molar-refractivity contribution >= 4 is 0 Å². The van der Waals surface area contributed by atoms with E-state index in [1.165, 1.54) is 43.6 Å². The van der Waals surface area contributed by atoms with Crippen LogP contribution in [-0.4, -0.2) is 49.1 Å². The summed E-state index contributed by atoms with van der Waals surface area (Å²) in [6, 6.07) is 9.53. The topological polar surface area (TPSA) is 18.5 Å². The standard InChI is InChI=1S/C18H31N3/c1-4-10-19-13-17-8-5-6-9-18(17)15-21-12-7-11-20(3)14-16(21)2/h5-6,8-9,16,19H,4,7,10-15H2,1-3H3. The maximum Gasteiger partial charge on any atom is 0.0240 e. The van der Waals surface area contributed by atoms with E-state index in [2.05, 4.69) is 60.3 Å². The number of benzene rings is 1. The smallest absolute Gasteiger partial charge is 0.0240 e. The maximum atomic E-state index is 3.53. The molecule has 0 aromatic heterocycles. The zero-order valence-corrected chi connectivity index (χ0v) is 13.9. The minimum absolute atomic E-state index is 0.633. The van der Waals surface area contributed by atoms with Gasteiger partial charge in [-0.05, 0) is 51.0 Å². The van der Waals surface area contributed by atoms with Crippen molar-refractivity contribution in [3.8, 4) is 0 Å². The third kappa shape index (κ3) is 5.10. The van der Waals surface area contributed by atoms with Crippen LogP contribution in [0.2, 0.25) is 0 Å². The van der Waals surface area contributed by atoms with Crippen molar-refractivity contribution in [2.24, 2.45) is 0 Å². The van der Waals surface area contributed by atoms with Crippen LogP contribution in [0.3, 0.4) is 0 Å². The lowest BCUT2D eigenvalue weighted by Gasteiger charge is -2.28. The predicted molar refractivity (Wildman–Crippen MR) is 90.4 cm³/mol. The lowest BCUT2D eigenvalue weighted by Crippen LogP contribution is -2.37. The molecule has 1 saturated heterocycles. The van der Waals surface area contributed by atoms with Gasteiger partial charge in [0.25, 0.3) is 0 Å². The molecule has 3 heteroatoms. The summed E-state index contributed by atoms with van der Waals surface area (Å²) in [5.41, 5.74) is 2.94. The molecule has 0 aliphatic carbocycles. The molecule has 0 bridgehead atoms. The second-order valence-corrected chi connectivity index (χ2v) is 6.38. The van der Waals surface area contributed by atoms with Gasteiger partial charge in [0.05, 0.1) is 0 Å². The molecule has 0 saturated carbocycles. The van der Waals surface area contributed by atoms with Gasteiger partial charge in [0.15, 0.2) is 0 Å². The first-order chi connectivity index (χ1) is 10.2. The Hall–Kier alpha value is -0.900. The molecule has 1 N–H and O–H groups in total. The Kier molecular flexibility index (Phi) is 6.68. The molecular formula is C18H31N3. The summed E-state index contributed by atoms with van der Waals surface area (Å²) >= 11 is 0. The first-order valence-corrected chi connectivity index (χ1v) is 8.40. The van der Waals surface area contributed by atoms with Crippen LogP contribution in [0.15, 0.2) is 24.3 Å². The van der Waals surface area contributed by atoms with Gasteiger partial charge < -0.3 is 10.2 Å². The summed E-state index contributed by atoms with van der Waals surface area (Å²) in [4.78, 5) is 5.10. The van der Waals surface area contributed by atoms with Crippen molar-refractivity contribution in [1.82, 2.24) is 15.1 Å². The fourth-order valence-corrected chi connectivity index (χ4v) is 3.16. The van der Waals surface area contributed by atoms with E-state index >= 15 is 0 Å². The van der Waals surface area contributed by atoms with Crippen LogP contribution >= 0.6 is 0 Å². The molecule has 21 heavy (non-hydrogen) atoms. The summed E-state index contributed by atoms with van der Waals surface area (Å²) in [5.74, 6) is 0. The van der Waals surface area contributed by atoms with Gasteiger partial charge in [-0.3, -0.25) is 4.90 Å². The average Bonchev–Trinajstić information content (AvgIpc) is 2.62. The zero-order chi connectivity index (χ0) is 15.1. The largest absolute Gasteiger partial charge is 0.313 e. The highest BCUT2D eigenvalue weighted by Gasteiger charge is 2.20.